The van der Waals surface area contributed by atoms with Gasteiger partial charge in [0.15, 0.2) is 5.78 Å². The number of nitrogens with zero attached hydrogens (tertiary/aromatic N) is 1. The van der Waals surface area contributed by atoms with Gasteiger partial charge >= 0.3 is 0 Å². The van der Waals surface area contributed by atoms with Gasteiger partial charge < -0.3 is 14.4 Å². The fraction of sp³-hybridized carbons (Fsp3) is 0.407. The molecule has 0 spiro atoms. The molecule has 0 bridgehead atoms. The van der Waals surface area contributed by atoms with Crippen molar-refractivity contribution < 1.29 is 19.1 Å². The summed E-state index contributed by atoms with van der Waals surface area (Å²) in [6.45, 7) is 13.9. The van der Waals surface area contributed by atoms with E-state index in [1.807, 2.05) is 60.6 Å². The van der Waals surface area contributed by atoms with Crippen molar-refractivity contribution in [1.82, 2.24) is 4.90 Å². The van der Waals surface area contributed by atoms with Gasteiger partial charge in [-0.2, -0.15) is 0 Å². The number of ether oxygens (including phenoxy) is 2. The molecule has 5 heteroatoms. The Labute approximate surface area is 192 Å². The second-order valence-electron chi connectivity index (χ2n) is 10.1. The van der Waals surface area contributed by atoms with Crippen LogP contribution in [-0.4, -0.2) is 41.9 Å². The zero-order valence-corrected chi connectivity index (χ0v) is 20.7. The fourth-order valence-corrected chi connectivity index (χ4v) is 2.98. The Morgan fingerprint density at radius 2 is 1.31 bits per heavy atom. The molecule has 0 N–H and O–H groups in total. The predicted molar refractivity (Wildman–Crippen MR) is 130 cm³/mol. The summed E-state index contributed by atoms with van der Waals surface area (Å²) in [6, 6.07) is 10.5. The van der Waals surface area contributed by atoms with E-state index >= 15 is 0 Å². The molecule has 0 radical (unpaired) electrons. The molecule has 2 aromatic carbocycles. The van der Waals surface area contributed by atoms with Crippen LogP contribution in [0, 0.1) is 6.92 Å². The minimum atomic E-state index is -0.407. The normalized spacial score (nSPS) is 12.0. The Bertz CT molecular complexity index is 1000. The van der Waals surface area contributed by atoms with E-state index in [4.69, 9.17) is 9.47 Å². The highest BCUT2D eigenvalue weighted by molar-refractivity contribution is 6.07. The summed E-state index contributed by atoms with van der Waals surface area (Å²) in [5.74, 6) is 1.15. The van der Waals surface area contributed by atoms with Crippen LogP contribution in [0.15, 0.2) is 42.5 Å². The van der Waals surface area contributed by atoms with Gasteiger partial charge in [0.2, 0.25) is 0 Å². The number of carbonyl (C=O) groups is 2. The third-order valence-electron chi connectivity index (χ3n) is 4.38. The molecule has 2 rings (SSSR count). The van der Waals surface area contributed by atoms with Crippen molar-refractivity contribution in [1.29, 1.82) is 0 Å². The molecule has 2 aromatic rings. The van der Waals surface area contributed by atoms with Gasteiger partial charge in [-0.05, 0) is 84.4 Å². The molecule has 0 unspecified atom stereocenters. The maximum atomic E-state index is 12.7. The van der Waals surface area contributed by atoms with Crippen molar-refractivity contribution >= 4 is 17.8 Å². The van der Waals surface area contributed by atoms with Crippen LogP contribution in [0.2, 0.25) is 0 Å². The van der Waals surface area contributed by atoms with Crippen LogP contribution in [0.4, 0.5) is 0 Å². The molecule has 32 heavy (non-hydrogen) atoms. The van der Waals surface area contributed by atoms with Crippen LogP contribution >= 0.6 is 0 Å². The Morgan fingerprint density at radius 3 is 1.81 bits per heavy atom. The number of carbonyl (C=O) groups excluding carboxylic acids is 2. The number of allylic oxidation sites excluding steroid dienone is 1. The lowest BCUT2D eigenvalue weighted by Gasteiger charge is -2.26. The zero-order chi connectivity index (χ0) is 24.3. The van der Waals surface area contributed by atoms with E-state index < -0.39 is 5.60 Å². The van der Waals surface area contributed by atoms with Crippen LogP contribution in [0.3, 0.4) is 0 Å². The first-order chi connectivity index (χ1) is 14.7. The standard InChI is InChI=1S/C27H35NO4/c1-18-16-21(24(32-27(5,6)7)17-23(18)31-26(2,3)4)14-15-22(29)19-10-12-20(13-11-19)25(30)28(8)9/h10-17H,1-9H3/b15-14+. The van der Waals surface area contributed by atoms with Crippen LogP contribution in [0.5, 0.6) is 11.5 Å². The van der Waals surface area contributed by atoms with E-state index in [-0.39, 0.29) is 17.3 Å². The molecule has 0 fully saturated rings. The van der Waals surface area contributed by atoms with Crippen LogP contribution in [0.1, 0.15) is 73.4 Å². The highest BCUT2D eigenvalue weighted by Crippen LogP contribution is 2.34. The van der Waals surface area contributed by atoms with Gasteiger partial charge in [0, 0.05) is 36.9 Å². The maximum Gasteiger partial charge on any atom is 0.253 e. The first-order valence-corrected chi connectivity index (χ1v) is 10.7. The Kier molecular flexibility index (Phi) is 7.55. The number of ketones is 1. The zero-order valence-electron chi connectivity index (χ0n) is 20.7. The number of hydrogen-bond donors (Lipinski definition) is 0. The number of benzene rings is 2. The Hall–Kier alpha value is -3.08. The first-order valence-electron chi connectivity index (χ1n) is 10.7. The van der Waals surface area contributed by atoms with E-state index in [1.165, 1.54) is 11.0 Å². The third-order valence-corrected chi connectivity index (χ3v) is 4.38. The lowest BCUT2D eigenvalue weighted by molar-refractivity contribution is 0.0827. The molecular formula is C27H35NO4. The topological polar surface area (TPSA) is 55.8 Å². The number of rotatable bonds is 6. The summed E-state index contributed by atoms with van der Waals surface area (Å²) < 4.78 is 12.2. The monoisotopic (exact) mass is 437 g/mol. The van der Waals surface area contributed by atoms with E-state index in [2.05, 4.69) is 0 Å². The molecule has 5 nitrogen and oxygen atoms in total. The van der Waals surface area contributed by atoms with E-state index in [9.17, 15) is 9.59 Å². The highest BCUT2D eigenvalue weighted by atomic mass is 16.5. The van der Waals surface area contributed by atoms with Crippen molar-refractivity contribution in [2.45, 2.75) is 59.7 Å². The lowest BCUT2D eigenvalue weighted by atomic mass is 10.0. The quantitative estimate of drug-likeness (QED) is 0.414. The van der Waals surface area contributed by atoms with Crippen LogP contribution in [-0.2, 0) is 0 Å². The van der Waals surface area contributed by atoms with Crippen molar-refractivity contribution in [2.24, 2.45) is 0 Å². The molecule has 0 aliphatic heterocycles. The summed E-state index contributed by atoms with van der Waals surface area (Å²) in [5.41, 5.74) is 2.07. The SMILES string of the molecule is Cc1cc(/C=C/C(=O)c2ccc(C(=O)N(C)C)cc2)c(OC(C)(C)C)cc1OC(C)(C)C. The highest BCUT2D eigenvalue weighted by Gasteiger charge is 2.19. The summed E-state index contributed by atoms with van der Waals surface area (Å²) in [6.07, 6.45) is 3.29. The minimum absolute atomic E-state index is 0.100. The van der Waals surface area contributed by atoms with Crippen molar-refractivity contribution in [3.63, 3.8) is 0 Å². The summed E-state index contributed by atoms with van der Waals surface area (Å²) in [4.78, 5) is 26.3. The summed E-state index contributed by atoms with van der Waals surface area (Å²) in [7, 11) is 3.39. The molecule has 0 aliphatic rings. The number of aryl methyl sites for hydroxylation is 1. The number of hydrogen-bond acceptors (Lipinski definition) is 4. The van der Waals surface area contributed by atoms with Gasteiger partial charge in [-0.1, -0.05) is 12.1 Å². The van der Waals surface area contributed by atoms with Gasteiger partial charge in [-0.25, -0.2) is 0 Å². The van der Waals surface area contributed by atoms with E-state index in [0.717, 1.165) is 16.9 Å². The van der Waals surface area contributed by atoms with Gasteiger partial charge in [-0.15, -0.1) is 0 Å². The Balaban J connectivity index is 2.34. The van der Waals surface area contributed by atoms with Gasteiger partial charge in [-0.3, -0.25) is 9.59 Å². The van der Waals surface area contributed by atoms with E-state index in [1.54, 1.807) is 44.4 Å². The van der Waals surface area contributed by atoms with Crippen molar-refractivity contribution in [3.8, 4) is 11.5 Å². The molecule has 0 aromatic heterocycles. The molecule has 1 amide bonds. The molecule has 0 aliphatic carbocycles. The van der Waals surface area contributed by atoms with Crippen LogP contribution < -0.4 is 9.47 Å². The predicted octanol–water partition coefficient (Wildman–Crippen LogP) is 5.95. The molecule has 172 valence electrons. The molecule has 0 saturated heterocycles. The maximum absolute atomic E-state index is 12.7. The molecule has 0 saturated carbocycles. The average Bonchev–Trinajstić information content (AvgIpc) is 2.66. The summed E-state index contributed by atoms with van der Waals surface area (Å²) in [5, 5.41) is 0. The largest absolute Gasteiger partial charge is 0.488 e. The van der Waals surface area contributed by atoms with E-state index in [0.29, 0.717) is 16.9 Å². The molecule has 0 heterocycles. The number of amides is 1. The Morgan fingerprint density at radius 1 is 0.812 bits per heavy atom. The average molecular weight is 438 g/mol. The van der Waals surface area contributed by atoms with Crippen molar-refractivity contribution in [2.75, 3.05) is 14.1 Å². The summed E-state index contributed by atoms with van der Waals surface area (Å²) >= 11 is 0. The lowest BCUT2D eigenvalue weighted by Crippen LogP contribution is -2.25. The second-order valence-corrected chi connectivity index (χ2v) is 10.1. The molecule has 0 atom stereocenters. The smallest absolute Gasteiger partial charge is 0.253 e. The van der Waals surface area contributed by atoms with Crippen LogP contribution in [0.25, 0.3) is 6.08 Å². The van der Waals surface area contributed by atoms with Gasteiger partial charge in [0.05, 0.1) is 0 Å². The molecular weight excluding hydrogens is 402 g/mol. The third kappa shape index (κ3) is 7.26. The first kappa shape index (κ1) is 25.2. The fourth-order valence-electron chi connectivity index (χ4n) is 2.98. The van der Waals surface area contributed by atoms with Crippen molar-refractivity contribution in [3.05, 3.63) is 64.7 Å². The van der Waals surface area contributed by atoms with Gasteiger partial charge in [0.1, 0.15) is 22.7 Å². The minimum Gasteiger partial charge on any atom is -0.488 e. The van der Waals surface area contributed by atoms with Gasteiger partial charge in [0.25, 0.3) is 5.91 Å². The second kappa shape index (κ2) is 9.60.